The molecule has 0 radical (unpaired) electrons. The molecule has 2 aliphatic rings. The smallest absolute Gasteiger partial charge is 0.269 e. The Balaban J connectivity index is 0.000000128. The van der Waals surface area contributed by atoms with E-state index >= 15 is 0 Å². The number of nitrogens with zero attached hydrogens (tertiary/aromatic N) is 20. The summed E-state index contributed by atoms with van der Waals surface area (Å²) in [6.07, 6.45) is 12.9. The summed E-state index contributed by atoms with van der Waals surface area (Å²) >= 11 is 6.25. The third kappa shape index (κ3) is 22.2. The Kier molecular flexibility index (Phi) is 27.5. The van der Waals surface area contributed by atoms with Crippen molar-refractivity contribution in [3.05, 3.63) is 272 Å². The molecule has 0 unspecified atom stereocenters. The summed E-state index contributed by atoms with van der Waals surface area (Å²) < 4.78 is 0. The summed E-state index contributed by atoms with van der Waals surface area (Å²) in [6, 6.07) is 50.8. The maximum absolute atomic E-state index is 13.0. The number of Topliss-reactive ketones (excluding diaryl/α,β-unsaturated/α-hetero) is 4. The average molecular weight is 1720 g/mol. The van der Waals surface area contributed by atoms with E-state index in [1.165, 1.54) is 30.6 Å². The monoisotopic (exact) mass is 1720 g/mol. The molecule has 2 saturated heterocycles. The highest BCUT2D eigenvalue weighted by atomic mass is 32.1. The zero-order valence-electron chi connectivity index (χ0n) is 70.1. The van der Waals surface area contributed by atoms with Crippen molar-refractivity contribution in [1.29, 1.82) is 0 Å². The quantitative estimate of drug-likeness (QED) is 0.0562. The van der Waals surface area contributed by atoms with Crippen molar-refractivity contribution in [2.45, 2.75) is 53.4 Å². The van der Waals surface area contributed by atoms with E-state index in [1.54, 1.807) is 70.8 Å². The lowest BCUT2D eigenvalue weighted by Gasteiger charge is -2.34. The van der Waals surface area contributed by atoms with Crippen LogP contribution in [0, 0.1) is 27.7 Å². The molecule has 16 aromatic rings. The number of pyridine rings is 7. The van der Waals surface area contributed by atoms with Crippen molar-refractivity contribution < 1.29 is 24.0 Å². The second kappa shape index (κ2) is 39.8. The lowest BCUT2D eigenvalue weighted by atomic mass is 10.0. The van der Waals surface area contributed by atoms with Crippen LogP contribution in [0.2, 0.25) is 0 Å². The molecule has 2 fully saturated rings. The molecule has 31 heteroatoms. The van der Waals surface area contributed by atoms with Crippen LogP contribution >= 0.6 is 45.3 Å². The topological polar surface area (TPSA) is 319 Å². The number of carbonyl (C=O) groups excluding carboxylic acids is 5. The van der Waals surface area contributed by atoms with E-state index in [0.29, 0.717) is 28.2 Å². The highest BCUT2D eigenvalue weighted by molar-refractivity contribution is 7.15. The highest BCUT2D eigenvalue weighted by Gasteiger charge is 2.22. The third-order valence-corrected chi connectivity index (χ3v) is 24.5. The molecule has 626 valence electrons. The van der Waals surface area contributed by atoms with E-state index in [-0.39, 0.29) is 60.4 Å². The number of nitrogens with one attached hydrogen (secondary N) is 2. The summed E-state index contributed by atoms with van der Waals surface area (Å²) in [5.41, 5.74) is 10.8. The van der Waals surface area contributed by atoms with Crippen molar-refractivity contribution >= 4 is 135 Å². The minimum atomic E-state index is -0.290. The van der Waals surface area contributed by atoms with Gasteiger partial charge in [0.25, 0.3) is 5.91 Å². The number of aromatic nitrogens is 15. The van der Waals surface area contributed by atoms with E-state index in [4.69, 9.17) is 0 Å². The molecule has 0 bridgehead atoms. The molecule has 2 N–H and O–H groups in total. The Morgan fingerprint density at radius 3 is 1.12 bits per heavy atom. The Bertz CT molecular complexity index is 6540. The van der Waals surface area contributed by atoms with Gasteiger partial charge in [-0.15, -0.1) is 40.8 Å². The van der Waals surface area contributed by atoms with Gasteiger partial charge in [-0.1, -0.05) is 106 Å². The summed E-state index contributed by atoms with van der Waals surface area (Å²) in [5.74, 6) is 1.36. The van der Waals surface area contributed by atoms with Gasteiger partial charge in [-0.2, -0.15) is 0 Å². The van der Waals surface area contributed by atoms with Crippen LogP contribution in [0.4, 0.5) is 17.3 Å². The van der Waals surface area contributed by atoms with Crippen LogP contribution in [0.3, 0.4) is 0 Å². The van der Waals surface area contributed by atoms with Gasteiger partial charge in [0, 0.05) is 210 Å². The SMILES string of the molecule is CNC(=O)c1ccc(C(=O)Cc2cc3cc(-c4nnc(C)s4)ccc3cn2)cn1.Cc1nnc(-c2ccc3cnc(CC(=O)c4ccc(N5CCN(C)CC5)nc4)cc3c2)s1.Cc1nnc(-c2ccc3cnc(CC(=O)c4cccc(N5CCN(C)CC5)c4)cc3c2)s1.Cc1nnc(-c2ccc3cnc(CC(=O)c4ccnc(NCCN(C)C)c4)cc3c2)s1. The summed E-state index contributed by atoms with van der Waals surface area (Å²) in [5, 5.41) is 54.5. The van der Waals surface area contributed by atoms with Crippen LogP contribution in [0.1, 0.15) is 94.7 Å². The first-order chi connectivity index (χ1) is 60.1. The van der Waals surface area contributed by atoms with E-state index < -0.39 is 0 Å². The fourth-order valence-electron chi connectivity index (χ4n) is 14.0. The van der Waals surface area contributed by atoms with Gasteiger partial charge in [0.1, 0.15) is 57.4 Å². The van der Waals surface area contributed by atoms with Crippen molar-refractivity contribution in [3.63, 3.8) is 0 Å². The normalized spacial score (nSPS) is 13.0. The molecule has 1 amide bonds. The number of benzene rings is 5. The molecule has 0 atom stereocenters. The van der Waals surface area contributed by atoms with E-state index in [2.05, 4.69) is 149 Å². The summed E-state index contributed by atoms with van der Waals surface area (Å²) in [6.45, 7) is 17.4. The molecule has 0 spiro atoms. The van der Waals surface area contributed by atoms with Crippen LogP contribution in [0.5, 0.6) is 0 Å². The number of fused-ring (bicyclic) bond motifs is 4. The molecule has 124 heavy (non-hydrogen) atoms. The summed E-state index contributed by atoms with van der Waals surface area (Å²) in [7, 11) is 9.84. The fraction of sp³-hybridized carbons (Fsp3) is 0.247. The minimum absolute atomic E-state index is 0.0146. The van der Waals surface area contributed by atoms with Gasteiger partial charge in [0.2, 0.25) is 0 Å². The van der Waals surface area contributed by atoms with Crippen LogP contribution < -0.4 is 20.4 Å². The molecular weight excluding hydrogens is 1630 g/mol. The molecule has 0 aliphatic carbocycles. The number of hydrogen-bond acceptors (Lipinski definition) is 30. The van der Waals surface area contributed by atoms with Crippen molar-refractivity contribution in [1.82, 2.24) is 95.7 Å². The molecule has 18 rings (SSSR count). The standard InChI is InChI=1S/C25H25N5OS.C24H24N6OS.C23H24N6OS.C21H17N5O2S/c1-17-27-28-25(32-17)19-6-7-20-16-26-22(13-21(20)12-19)15-24(31)18-4-3-5-23(14-18)30-10-8-29(2)9-11-30;1-16-27-28-24(32-16)17-3-4-18-14-25-21(12-20(18)11-17)13-22(31)19-5-6-23(26-15-19)30-9-7-29(2)8-10-30;1-15-27-28-23(31-15)17-4-5-18-14-26-20(11-19(18)10-17)13-21(30)16-6-7-24-22(12-16)25-8-9-29(2)3;1-12-25-26-21(29-12)13-3-4-14-10-23-17(8-16(14)7-13)9-19(27)15-5-6-18(24-11-15)20(28)22-2/h3-7,12-14,16H,8-11,15H2,1-2H3;3-6,11-12,14-15H,7-10,13H2,1-2H3;4-7,10-12,14H,8-9,13H2,1-3H3,(H,24,25);3-8,10-11H,9H2,1-2H3,(H,22,28). The predicted octanol–water partition coefficient (Wildman–Crippen LogP) is 15.0. The van der Waals surface area contributed by atoms with Gasteiger partial charge in [0.15, 0.2) is 23.1 Å². The minimum Gasteiger partial charge on any atom is -0.369 e. The fourth-order valence-corrected chi connectivity index (χ4v) is 16.8. The van der Waals surface area contributed by atoms with Crippen LogP contribution in [0.25, 0.3) is 85.4 Å². The first-order valence-corrected chi connectivity index (χ1v) is 43.7. The molecule has 2 aliphatic heterocycles. The Hall–Kier alpha value is -13.1. The lowest BCUT2D eigenvalue weighted by Crippen LogP contribution is -2.44. The number of ketones is 4. The Morgan fingerprint density at radius 1 is 0.371 bits per heavy atom. The molecule has 11 aromatic heterocycles. The largest absolute Gasteiger partial charge is 0.369 e. The second-order valence-corrected chi connectivity index (χ2v) is 35.3. The van der Waals surface area contributed by atoms with Crippen molar-refractivity contribution in [2.75, 3.05) is 116 Å². The van der Waals surface area contributed by atoms with E-state index in [9.17, 15) is 24.0 Å². The first kappa shape index (κ1) is 85.8. The molecule has 13 heterocycles. The molecule has 0 saturated carbocycles. The van der Waals surface area contributed by atoms with Crippen molar-refractivity contribution in [3.8, 4) is 42.3 Å². The number of piperazine rings is 2. The number of hydrogen-bond donors (Lipinski definition) is 2. The number of carbonyl (C=O) groups is 5. The number of likely N-dealkylation sites (N-methyl/N-ethyl adjacent to an activating group) is 3. The molecule has 5 aromatic carbocycles. The zero-order valence-corrected chi connectivity index (χ0v) is 73.3. The van der Waals surface area contributed by atoms with Gasteiger partial charge in [0.05, 0.1) is 25.7 Å². The van der Waals surface area contributed by atoms with Crippen molar-refractivity contribution in [2.24, 2.45) is 0 Å². The first-order valence-electron chi connectivity index (χ1n) is 40.5. The molecular formula is C93H90N22O5S4. The summed E-state index contributed by atoms with van der Waals surface area (Å²) in [4.78, 5) is 105. The van der Waals surface area contributed by atoms with Crippen LogP contribution in [-0.2, 0) is 25.7 Å². The maximum Gasteiger partial charge on any atom is 0.269 e. The van der Waals surface area contributed by atoms with Gasteiger partial charge in [-0.05, 0) is 174 Å². The Morgan fingerprint density at radius 2 is 0.758 bits per heavy atom. The van der Waals surface area contributed by atoms with Gasteiger partial charge in [-0.25, -0.2) is 9.97 Å². The second-order valence-electron chi connectivity index (χ2n) is 30.6. The Labute approximate surface area is 732 Å². The average Bonchev–Trinajstić information content (AvgIpc) is 1.38. The van der Waals surface area contributed by atoms with Gasteiger partial charge in [-0.3, -0.25) is 48.9 Å². The number of anilines is 3. The van der Waals surface area contributed by atoms with E-state index in [1.807, 2.05) is 170 Å². The van der Waals surface area contributed by atoms with E-state index in [0.717, 1.165) is 205 Å². The lowest BCUT2D eigenvalue weighted by molar-refractivity contribution is 0.0952. The highest BCUT2D eigenvalue weighted by Crippen LogP contribution is 2.33. The van der Waals surface area contributed by atoms with Gasteiger partial charge < -0.3 is 35.1 Å². The zero-order chi connectivity index (χ0) is 86.3. The number of rotatable bonds is 23. The maximum atomic E-state index is 13.0. The number of aryl methyl sites for hydroxylation is 4. The van der Waals surface area contributed by atoms with Gasteiger partial charge >= 0.3 is 0 Å². The predicted molar refractivity (Wildman–Crippen MR) is 493 cm³/mol. The number of amides is 1. The third-order valence-electron chi connectivity index (χ3n) is 21.0. The molecule has 27 nitrogen and oxygen atoms in total. The van der Waals surface area contributed by atoms with Crippen LogP contribution in [0.15, 0.2) is 201 Å². The van der Waals surface area contributed by atoms with Crippen LogP contribution in [-0.4, -0.2) is 220 Å².